The standard InChI is InChI=1S/C15H17N7O/c1-20-10-16-8-12(20)15(23)21-6-4-11(9-21)18-13-2-3-14-17-5-7-22(14)19-13/h2-3,5,7-8,10-11H,4,6,9H2,1H3,(H,18,19). The van der Waals surface area contributed by atoms with E-state index in [-0.39, 0.29) is 11.9 Å². The van der Waals surface area contributed by atoms with Crippen LogP contribution in [-0.4, -0.2) is 54.1 Å². The lowest BCUT2D eigenvalue weighted by molar-refractivity contribution is 0.0782. The number of fused-ring (bicyclic) bond motifs is 1. The minimum Gasteiger partial charge on any atom is -0.364 e. The van der Waals surface area contributed by atoms with E-state index in [2.05, 4.69) is 20.4 Å². The van der Waals surface area contributed by atoms with Crippen molar-refractivity contribution < 1.29 is 4.79 Å². The number of carbonyl (C=O) groups is 1. The molecule has 0 radical (unpaired) electrons. The zero-order valence-electron chi connectivity index (χ0n) is 12.8. The van der Waals surface area contributed by atoms with E-state index in [1.165, 1.54) is 0 Å². The predicted molar refractivity (Wildman–Crippen MR) is 84.1 cm³/mol. The van der Waals surface area contributed by atoms with Crippen molar-refractivity contribution in [2.24, 2.45) is 7.05 Å². The summed E-state index contributed by atoms with van der Waals surface area (Å²) < 4.78 is 3.48. The molecule has 0 aliphatic carbocycles. The van der Waals surface area contributed by atoms with Crippen LogP contribution in [0.4, 0.5) is 5.82 Å². The van der Waals surface area contributed by atoms with Crippen LogP contribution in [-0.2, 0) is 7.05 Å². The Morgan fingerprint density at radius 1 is 1.39 bits per heavy atom. The van der Waals surface area contributed by atoms with Crippen LogP contribution >= 0.6 is 0 Å². The zero-order chi connectivity index (χ0) is 15.8. The monoisotopic (exact) mass is 311 g/mol. The molecular weight excluding hydrogens is 294 g/mol. The van der Waals surface area contributed by atoms with E-state index >= 15 is 0 Å². The van der Waals surface area contributed by atoms with Gasteiger partial charge in [0, 0.05) is 38.6 Å². The summed E-state index contributed by atoms with van der Waals surface area (Å²) in [5.41, 5.74) is 1.43. The Labute approximate surface area is 132 Å². The second kappa shape index (κ2) is 5.38. The van der Waals surface area contributed by atoms with Gasteiger partial charge in [-0.25, -0.2) is 14.5 Å². The van der Waals surface area contributed by atoms with Crippen LogP contribution in [0.25, 0.3) is 5.65 Å². The molecule has 1 aliphatic heterocycles. The van der Waals surface area contributed by atoms with Crippen molar-refractivity contribution in [3.8, 4) is 0 Å². The molecule has 1 aliphatic rings. The molecule has 0 spiro atoms. The second-order valence-electron chi connectivity index (χ2n) is 5.72. The maximum absolute atomic E-state index is 12.5. The first-order valence-electron chi connectivity index (χ1n) is 7.53. The topological polar surface area (TPSA) is 80.4 Å². The van der Waals surface area contributed by atoms with E-state index in [1.54, 1.807) is 27.8 Å². The van der Waals surface area contributed by atoms with Crippen LogP contribution in [0.2, 0.25) is 0 Å². The first-order valence-corrected chi connectivity index (χ1v) is 7.53. The summed E-state index contributed by atoms with van der Waals surface area (Å²) in [5, 5.41) is 7.85. The van der Waals surface area contributed by atoms with Crippen molar-refractivity contribution in [1.29, 1.82) is 0 Å². The van der Waals surface area contributed by atoms with Gasteiger partial charge in [-0.1, -0.05) is 0 Å². The van der Waals surface area contributed by atoms with Crippen molar-refractivity contribution in [3.05, 3.63) is 42.7 Å². The Bertz CT molecular complexity index is 852. The van der Waals surface area contributed by atoms with E-state index in [0.717, 1.165) is 24.4 Å². The second-order valence-corrected chi connectivity index (χ2v) is 5.72. The summed E-state index contributed by atoms with van der Waals surface area (Å²) in [6.07, 6.45) is 7.68. The molecule has 118 valence electrons. The van der Waals surface area contributed by atoms with Gasteiger partial charge in [-0.05, 0) is 18.6 Å². The molecule has 1 amide bonds. The molecule has 0 bridgehead atoms. The van der Waals surface area contributed by atoms with E-state index in [9.17, 15) is 4.79 Å². The lowest BCUT2D eigenvalue weighted by Crippen LogP contribution is -2.32. The van der Waals surface area contributed by atoms with Crippen molar-refractivity contribution in [1.82, 2.24) is 29.0 Å². The lowest BCUT2D eigenvalue weighted by Gasteiger charge is -2.17. The SMILES string of the molecule is Cn1cncc1C(=O)N1CCC(Nc2ccc3nccn3n2)C1. The highest BCUT2D eigenvalue weighted by Crippen LogP contribution is 2.17. The number of hydrogen-bond acceptors (Lipinski definition) is 5. The highest BCUT2D eigenvalue weighted by molar-refractivity contribution is 5.92. The molecule has 23 heavy (non-hydrogen) atoms. The molecule has 1 saturated heterocycles. The Kier molecular flexibility index (Phi) is 3.22. The number of anilines is 1. The van der Waals surface area contributed by atoms with E-state index in [0.29, 0.717) is 12.2 Å². The van der Waals surface area contributed by atoms with Crippen molar-refractivity contribution in [2.75, 3.05) is 18.4 Å². The molecule has 3 aromatic rings. The highest BCUT2D eigenvalue weighted by atomic mass is 16.2. The number of aromatic nitrogens is 5. The number of rotatable bonds is 3. The molecule has 1 fully saturated rings. The van der Waals surface area contributed by atoms with Gasteiger partial charge in [0.25, 0.3) is 5.91 Å². The Hall–Kier alpha value is -2.90. The fourth-order valence-corrected chi connectivity index (χ4v) is 2.89. The molecule has 4 rings (SSSR count). The van der Waals surface area contributed by atoms with Gasteiger partial charge in [-0.2, -0.15) is 0 Å². The van der Waals surface area contributed by atoms with Crippen molar-refractivity contribution in [3.63, 3.8) is 0 Å². The molecule has 8 heteroatoms. The van der Waals surface area contributed by atoms with Crippen LogP contribution in [0.15, 0.2) is 37.1 Å². The van der Waals surface area contributed by atoms with Crippen molar-refractivity contribution in [2.45, 2.75) is 12.5 Å². The normalized spacial score (nSPS) is 17.8. The minimum absolute atomic E-state index is 0.0207. The number of nitrogens with zero attached hydrogens (tertiary/aromatic N) is 6. The summed E-state index contributed by atoms with van der Waals surface area (Å²) in [4.78, 5) is 22.5. The van der Waals surface area contributed by atoms with Crippen LogP contribution in [0.1, 0.15) is 16.9 Å². The number of carbonyl (C=O) groups excluding carboxylic acids is 1. The van der Waals surface area contributed by atoms with Crippen molar-refractivity contribution >= 4 is 17.4 Å². The van der Waals surface area contributed by atoms with E-state index in [1.807, 2.05) is 30.3 Å². The van der Waals surface area contributed by atoms with Gasteiger partial charge in [-0.3, -0.25) is 4.79 Å². The summed E-state index contributed by atoms with van der Waals surface area (Å²) in [6, 6.07) is 4.03. The molecule has 0 saturated carbocycles. The third-order valence-electron chi connectivity index (χ3n) is 4.12. The molecular formula is C15H17N7O. The fraction of sp³-hybridized carbons (Fsp3) is 0.333. The molecule has 8 nitrogen and oxygen atoms in total. The molecule has 1 unspecified atom stereocenters. The van der Waals surface area contributed by atoms with Crippen LogP contribution in [0, 0.1) is 0 Å². The van der Waals surface area contributed by atoms with Crippen LogP contribution in [0.3, 0.4) is 0 Å². The first kappa shape index (κ1) is 13.7. The summed E-state index contributed by atoms with van der Waals surface area (Å²) in [7, 11) is 1.83. The molecule has 0 aromatic carbocycles. The Morgan fingerprint density at radius 2 is 2.30 bits per heavy atom. The summed E-state index contributed by atoms with van der Waals surface area (Å²) in [5.74, 6) is 0.808. The van der Waals surface area contributed by atoms with Gasteiger partial charge >= 0.3 is 0 Å². The third kappa shape index (κ3) is 2.52. The number of likely N-dealkylation sites (tertiary alicyclic amines) is 1. The number of nitrogens with one attached hydrogen (secondary N) is 1. The number of aryl methyl sites for hydroxylation is 1. The summed E-state index contributed by atoms with van der Waals surface area (Å²) in [6.45, 7) is 1.39. The molecule has 4 heterocycles. The summed E-state index contributed by atoms with van der Waals surface area (Å²) >= 11 is 0. The fourth-order valence-electron chi connectivity index (χ4n) is 2.89. The smallest absolute Gasteiger partial charge is 0.272 e. The van der Waals surface area contributed by atoms with Gasteiger partial charge in [0.05, 0.1) is 12.5 Å². The maximum atomic E-state index is 12.5. The average molecular weight is 311 g/mol. The van der Waals surface area contributed by atoms with Gasteiger partial charge in [0.2, 0.25) is 0 Å². The van der Waals surface area contributed by atoms with Gasteiger partial charge in [0.15, 0.2) is 5.65 Å². The molecule has 3 aromatic heterocycles. The quantitative estimate of drug-likeness (QED) is 0.773. The van der Waals surface area contributed by atoms with Gasteiger partial charge in [-0.15, -0.1) is 5.10 Å². The number of imidazole rings is 2. The Balaban J connectivity index is 1.44. The predicted octanol–water partition coefficient (Wildman–Crippen LogP) is 0.789. The van der Waals surface area contributed by atoms with Crippen LogP contribution < -0.4 is 5.32 Å². The Morgan fingerprint density at radius 3 is 3.13 bits per heavy atom. The molecule has 1 N–H and O–H groups in total. The average Bonchev–Trinajstić information content (AvgIpc) is 3.26. The number of amides is 1. The molecule has 1 atom stereocenters. The third-order valence-corrected chi connectivity index (χ3v) is 4.12. The lowest BCUT2D eigenvalue weighted by atomic mass is 10.2. The van der Waals surface area contributed by atoms with Gasteiger partial charge in [0.1, 0.15) is 11.5 Å². The van der Waals surface area contributed by atoms with E-state index in [4.69, 9.17) is 0 Å². The minimum atomic E-state index is 0.0207. The van der Waals surface area contributed by atoms with Crippen LogP contribution in [0.5, 0.6) is 0 Å². The highest BCUT2D eigenvalue weighted by Gasteiger charge is 2.28. The largest absolute Gasteiger partial charge is 0.364 e. The zero-order valence-corrected chi connectivity index (χ0v) is 12.8. The maximum Gasteiger partial charge on any atom is 0.272 e. The van der Waals surface area contributed by atoms with Gasteiger partial charge < -0.3 is 14.8 Å². The number of hydrogen-bond donors (Lipinski definition) is 1. The first-order chi connectivity index (χ1) is 11.2. The van der Waals surface area contributed by atoms with E-state index < -0.39 is 0 Å².